The van der Waals surface area contributed by atoms with Gasteiger partial charge in [-0.25, -0.2) is 0 Å². The zero-order valence-electron chi connectivity index (χ0n) is 20.2. The van der Waals surface area contributed by atoms with Gasteiger partial charge in [-0.1, -0.05) is 66.5 Å². The Kier molecular flexibility index (Phi) is 6.54. The second-order valence-electron chi connectivity index (χ2n) is 11.8. The molecule has 7 unspecified atom stereocenters. The molecule has 3 aliphatic carbocycles. The van der Waals surface area contributed by atoms with Crippen molar-refractivity contribution in [3.8, 4) is 5.75 Å². The molecule has 30 heavy (non-hydrogen) atoms. The number of rotatable bonds is 8. The molecule has 2 nitrogen and oxygen atoms in total. The third-order valence-corrected chi connectivity index (χ3v) is 8.38. The van der Waals surface area contributed by atoms with Gasteiger partial charge in [0.05, 0.1) is 6.10 Å². The van der Waals surface area contributed by atoms with Crippen LogP contribution in [0, 0.1) is 35.0 Å². The highest BCUT2D eigenvalue weighted by Crippen LogP contribution is 2.59. The van der Waals surface area contributed by atoms with E-state index in [-0.39, 0.29) is 11.7 Å². The molecule has 0 amide bonds. The zero-order valence-corrected chi connectivity index (χ0v) is 20.2. The van der Waals surface area contributed by atoms with E-state index < -0.39 is 0 Å². The first-order valence-corrected chi connectivity index (χ1v) is 12.7. The molecule has 0 N–H and O–H groups in total. The fourth-order valence-electron chi connectivity index (χ4n) is 6.96. The Balaban J connectivity index is 1.40. The smallest absolute Gasteiger partial charge is 0.202 e. The van der Waals surface area contributed by atoms with Gasteiger partial charge in [-0.05, 0) is 84.8 Å². The molecule has 0 saturated heterocycles. The van der Waals surface area contributed by atoms with Gasteiger partial charge >= 0.3 is 0 Å². The van der Waals surface area contributed by atoms with Gasteiger partial charge in [-0.3, -0.25) is 0 Å². The molecule has 0 radical (unpaired) electrons. The van der Waals surface area contributed by atoms with E-state index in [1.54, 1.807) is 0 Å². The van der Waals surface area contributed by atoms with E-state index in [2.05, 4.69) is 65.8 Å². The summed E-state index contributed by atoms with van der Waals surface area (Å²) in [5.41, 5.74) is 1.71. The lowest BCUT2D eigenvalue weighted by molar-refractivity contribution is -0.162. The maximum atomic E-state index is 6.67. The maximum Gasteiger partial charge on any atom is 0.202 e. The van der Waals surface area contributed by atoms with Gasteiger partial charge in [0.25, 0.3) is 0 Å². The summed E-state index contributed by atoms with van der Waals surface area (Å²) >= 11 is 0. The molecule has 1 aromatic carbocycles. The standard InChI is InChI=1S/C28H44O2/c1-7-9-25(28(4,5)6)19-12-14-21(15-13-19)29-27(18(2)3)30-26-17-20-16-24(26)23-11-8-10-22(20)23/h12-15,18,20,22-27H,7-11,16-17H2,1-6H3. The lowest BCUT2D eigenvalue weighted by Gasteiger charge is -2.35. The fourth-order valence-corrected chi connectivity index (χ4v) is 6.96. The van der Waals surface area contributed by atoms with Crippen LogP contribution in [-0.2, 0) is 4.74 Å². The fraction of sp³-hybridized carbons (Fsp3) is 0.786. The summed E-state index contributed by atoms with van der Waals surface area (Å²) in [6, 6.07) is 8.88. The van der Waals surface area contributed by atoms with Gasteiger partial charge in [-0.15, -0.1) is 0 Å². The molecule has 3 fully saturated rings. The SMILES string of the molecule is CCCC(c1ccc(OC(OC2CC3CC2C2CCCC32)C(C)C)cc1)C(C)(C)C. The topological polar surface area (TPSA) is 18.5 Å². The highest BCUT2D eigenvalue weighted by molar-refractivity contribution is 5.30. The monoisotopic (exact) mass is 412 g/mol. The molecular weight excluding hydrogens is 368 g/mol. The Hall–Kier alpha value is -1.02. The van der Waals surface area contributed by atoms with E-state index in [0.717, 1.165) is 29.4 Å². The number of hydrogen-bond acceptors (Lipinski definition) is 2. The molecule has 3 saturated carbocycles. The first-order valence-electron chi connectivity index (χ1n) is 12.7. The molecule has 2 heteroatoms. The predicted molar refractivity (Wildman–Crippen MR) is 125 cm³/mol. The average molecular weight is 413 g/mol. The molecule has 168 valence electrons. The third-order valence-electron chi connectivity index (χ3n) is 8.38. The Morgan fingerprint density at radius 1 is 0.967 bits per heavy atom. The molecule has 0 spiro atoms. The summed E-state index contributed by atoms with van der Waals surface area (Å²) in [6.07, 6.45) is 9.74. The normalized spacial score (nSPS) is 32.4. The Bertz CT molecular complexity index is 686. The summed E-state index contributed by atoms with van der Waals surface area (Å²) < 4.78 is 13.1. The summed E-state index contributed by atoms with van der Waals surface area (Å²) in [6.45, 7) is 13.8. The van der Waals surface area contributed by atoms with E-state index >= 15 is 0 Å². The number of hydrogen-bond donors (Lipinski definition) is 0. The zero-order chi connectivity index (χ0) is 21.5. The molecule has 0 aromatic heterocycles. The van der Waals surface area contributed by atoms with E-state index in [9.17, 15) is 0 Å². The summed E-state index contributed by atoms with van der Waals surface area (Å²) in [7, 11) is 0. The van der Waals surface area contributed by atoms with Crippen molar-refractivity contribution in [1.82, 2.24) is 0 Å². The van der Waals surface area contributed by atoms with E-state index in [0.29, 0.717) is 17.9 Å². The molecule has 3 aliphatic rings. The molecule has 0 heterocycles. The Morgan fingerprint density at radius 2 is 1.67 bits per heavy atom. The van der Waals surface area contributed by atoms with Crippen LogP contribution >= 0.6 is 0 Å². The van der Waals surface area contributed by atoms with E-state index in [4.69, 9.17) is 9.47 Å². The van der Waals surface area contributed by atoms with Crippen LogP contribution in [0.3, 0.4) is 0 Å². The van der Waals surface area contributed by atoms with Crippen LogP contribution in [0.15, 0.2) is 24.3 Å². The van der Waals surface area contributed by atoms with Gasteiger partial charge in [0.2, 0.25) is 6.29 Å². The van der Waals surface area contributed by atoms with Crippen LogP contribution in [0.2, 0.25) is 0 Å². The minimum absolute atomic E-state index is 0.144. The molecule has 4 rings (SSSR count). The lowest BCUT2D eigenvalue weighted by Crippen LogP contribution is -2.37. The van der Waals surface area contributed by atoms with Crippen LogP contribution in [0.5, 0.6) is 5.75 Å². The predicted octanol–water partition coefficient (Wildman–Crippen LogP) is 7.82. The van der Waals surface area contributed by atoms with Crippen LogP contribution in [0.25, 0.3) is 0 Å². The third kappa shape index (κ3) is 4.45. The maximum absolute atomic E-state index is 6.67. The van der Waals surface area contributed by atoms with Crippen molar-refractivity contribution in [3.05, 3.63) is 29.8 Å². The average Bonchev–Trinajstić information content (AvgIpc) is 3.39. The quantitative estimate of drug-likeness (QED) is 0.405. The summed E-state index contributed by atoms with van der Waals surface area (Å²) in [5, 5.41) is 0. The van der Waals surface area contributed by atoms with Gasteiger partial charge in [0.1, 0.15) is 5.75 Å². The molecule has 0 aliphatic heterocycles. The second-order valence-corrected chi connectivity index (χ2v) is 11.8. The van der Waals surface area contributed by atoms with Gasteiger partial charge in [0, 0.05) is 5.92 Å². The lowest BCUT2D eigenvalue weighted by atomic mass is 9.74. The second kappa shape index (κ2) is 8.85. The van der Waals surface area contributed by atoms with Crippen LogP contribution in [-0.4, -0.2) is 12.4 Å². The van der Waals surface area contributed by atoms with E-state index in [1.165, 1.54) is 50.5 Å². The first-order chi connectivity index (χ1) is 14.3. The number of fused-ring (bicyclic) bond motifs is 5. The number of ether oxygens (including phenoxy) is 2. The molecular formula is C28H44O2. The highest BCUT2D eigenvalue weighted by atomic mass is 16.7. The van der Waals surface area contributed by atoms with Crippen LogP contribution < -0.4 is 4.74 Å². The molecule has 1 aromatic rings. The van der Waals surface area contributed by atoms with Crippen molar-refractivity contribution in [1.29, 1.82) is 0 Å². The van der Waals surface area contributed by atoms with Crippen LogP contribution in [0.4, 0.5) is 0 Å². The first kappa shape index (κ1) is 22.2. The summed E-state index contributed by atoms with van der Waals surface area (Å²) in [5.74, 6) is 5.55. The largest absolute Gasteiger partial charge is 0.465 e. The van der Waals surface area contributed by atoms with Crippen molar-refractivity contribution in [2.75, 3.05) is 0 Å². The van der Waals surface area contributed by atoms with Gasteiger partial charge in [-0.2, -0.15) is 0 Å². The molecule has 2 bridgehead atoms. The minimum atomic E-state index is -0.144. The Morgan fingerprint density at radius 3 is 2.30 bits per heavy atom. The number of benzene rings is 1. The Labute approximate surface area is 185 Å². The minimum Gasteiger partial charge on any atom is -0.465 e. The van der Waals surface area contributed by atoms with Crippen LogP contribution in [0.1, 0.15) is 98.0 Å². The van der Waals surface area contributed by atoms with Crippen molar-refractivity contribution < 1.29 is 9.47 Å². The van der Waals surface area contributed by atoms with Crippen molar-refractivity contribution in [2.24, 2.45) is 35.0 Å². The summed E-state index contributed by atoms with van der Waals surface area (Å²) in [4.78, 5) is 0. The van der Waals surface area contributed by atoms with Crippen molar-refractivity contribution >= 4 is 0 Å². The van der Waals surface area contributed by atoms with Crippen molar-refractivity contribution in [3.63, 3.8) is 0 Å². The molecule has 7 atom stereocenters. The van der Waals surface area contributed by atoms with Gasteiger partial charge in [0.15, 0.2) is 0 Å². The highest BCUT2D eigenvalue weighted by Gasteiger charge is 2.54. The van der Waals surface area contributed by atoms with Crippen molar-refractivity contribution in [2.45, 2.75) is 105 Å². The van der Waals surface area contributed by atoms with E-state index in [1.807, 2.05) is 0 Å². The van der Waals surface area contributed by atoms with Gasteiger partial charge < -0.3 is 9.47 Å².